The molecule has 1 aliphatic heterocycles. The molecule has 0 bridgehead atoms. The number of nitrogens with one attached hydrogen (secondary N) is 2. The number of hydrogen-bond acceptors (Lipinski definition) is 7. The van der Waals surface area contributed by atoms with Gasteiger partial charge in [0.05, 0.1) is 41.0 Å². The number of aliphatic hydroxyl groups is 1. The molecule has 0 saturated carbocycles. The third kappa shape index (κ3) is 9.40. The number of aliphatic hydroxyl groups excluding tert-OH is 1. The molecule has 1 fully saturated rings. The van der Waals surface area contributed by atoms with Crippen molar-refractivity contribution in [3.63, 3.8) is 0 Å². The lowest BCUT2D eigenvalue weighted by atomic mass is 10.00. The van der Waals surface area contributed by atoms with E-state index in [1.165, 1.54) is 35.2 Å². The van der Waals surface area contributed by atoms with Crippen molar-refractivity contribution in [3.8, 4) is 5.75 Å². The Labute approximate surface area is 288 Å². The number of sulfonamides is 1. The highest BCUT2D eigenvalue weighted by molar-refractivity contribution is 7.92. The molecular weight excluding hydrogens is 673 g/mol. The molecule has 0 spiro atoms. The van der Waals surface area contributed by atoms with Crippen molar-refractivity contribution in [1.82, 2.24) is 10.6 Å². The van der Waals surface area contributed by atoms with Crippen LogP contribution in [0.3, 0.4) is 0 Å². The number of hydrogen-bond donors (Lipinski definition) is 3. The van der Waals surface area contributed by atoms with Crippen molar-refractivity contribution in [2.45, 2.75) is 44.3 Å². The first-order chi connectivity index (χ1) is 23.8. The average Bonchev–Trinajstić information content (AvgIpc) is 3.49. The minimum absolute atomic E-state index is 0.0435. The number of carbonyl (C=O) groups excluding carboxylic acids is 2. The monoisotopic (exact) mass is 710 g/mol. The number of carbonyl (C=O) groups is 2. The molecule has 50 heavy (non-hydrogen) atoms. The second-order valence-corrected chi connectivity index (χ2v) is 13.7. The van der Waals surface area contributed by atoms with E-state index in [4.69, 9.17) is 0 Å². The molecule has 1 saturated heterocycles. The zero-order valence-corrected chi connectivity index (χ0v) is 28.0. The van der Waals surface area contributed by atoms with Crippen LogP contribution in [0.5, 0.6) is 5.75 Å². The van der Waals surface area contributed by atoms with E-state index in [1.54, 1.807) is 42.5 Å². The van der Waals surface area contributed by atoms with Crippen molar-refractivity contribution in [3.05, 3.63) is 120 Å². The van der Waals surface area contributed by atoms with Crippen LogP contribution in [-0.4, -0.2) is 63.2 Å². The summed E-state index contributed by atoms with van der Waals surface area (Å²) in [5.41, 5.74) is 1.91. The van der Waals surface area contributed by atoms with E-state index in [0.29, 0.717) is 17.7 Å². The number of nitrogens with zero attached hydrogens (tertiary/aromatic N) is 2. The number of amides is 2. The first kappa shape index (κ1) is 36.4. The first-order valence-electron chi connectivity index (χ1n) is 15.9. The number of ether oxygens (including phenoxy) is 1. The highest BCUT2D eigenvalue weighted by Gasteiger charge is 2.34. The van der Waals surface area contributed by atoms with Gasteiger partial charge in [0, 0.05) is 26.1 Å². The number of rotatable bonds is 14. The molecule has 3 N–H and O–H groups in total. The van der Waals surface area contributed by atoms with Gasteiger partial charge in [0.2, 0.25) is 15.9 Å². The van der Waals surface area contributed by atoms with Gasteiger partial charge in [0.25, 0.3) is 5.91 Å². The summed E-state index contributed by atoms with van der Waals surface area (Å²) >= 11 is 0. The number of benzene rings is 4. The van der Waals surface area contributed by atoms with Crippen LogP contribution >= 0.6 is 0 Å². The number of para-hydroxylation sites is 2. The topological polar surface area (TPSA) is 128 Å². The third-order valence-electron chi connectivity index (χ3n) is 8.04. The zero-order chi connectivity index (χ0) is 35.9. The molecule has 0 unspecified atom stereocenters. The molecule has 0 radical (unpaired) electrons. The van der Waals surface area contributed by atoms with Crippen molar-refractivity contribution in [2.24, 2.45) is 0 Å². The molecule has 10 nitrogen and oxygen atoms in total. The Balaban J connectivity index is 1.44. The van der Waals surface area contributed by atoms with Gasteiger partial charge in [-0.2, -0.15) is 0 Å². The maximum Gasteiger partial charge on any atom is 0.573 e. The van der Waals surface area contributed by atoms with Crippen LogP contribution in [-0.2, 0) is 27.8 Å². The van der Waals surface area contributed by atoms with E-state index >= 15 is 0 Å². The van der Waals surface area contributed by atoms with E-state index in [9.17, 15) is 36.3 Å². The van der Waals surface area contributed by atoms with Gasteiger partial charge < -0.3 is 25.4 Å². The molecule has 1 heterocycles. The summed E-state index contributed by atoms with van der Waals surface area (Å²) in [6, 6.07) is 26.6. The van der Waals surface area contributed by atoms with Crippen LogP contribution in [0, 0.1) is 0 Å². The van der Waals surface area contributed by atoms with Crippen LogP contribution < -0.4 is 24.6 Å². The lowest BCUT2D eigenvalue weighted by Gasteiger charge is -2.30. The summed E-state index contributed by atoms with van der Waals surface area (Å²) in [5, 5.41) is 17.3. The lowest BCUT2D eigenvalue weighted by Crippen LogP contribution is -2.49. The van der Waals surface area contributed by atoms with Crippen LogP contribution in [0.4, 0.5) is 30.2 Å². The fourth-order valence-corrected chi connectivity index (χ4v) is 6.89. The van der Waals surface area contributed by atoms with E-state index in [2.05, 4.69) is 15.4 Å². The molecule has 2 atom stereocenters. The second-order valence-electron chi connectivity index (χ2n) is 11.8. The summed E-state index contributed by atoms with van der Waals surface area (Å²) in [6.07, 6.45) is -4.01. The highest BCUT2D eigenvalue weighted by Crippen LogP contribution is 2.40. The zero-order valence-electron chi connectivity index (χ0n) is 27.1. The molecule has 2 amide bonds. The largest absolute Gasteiger partial charge is 0.573 e. The Hall–Kier alpha value is -4.92. The molecule has 0 aromatic heterocycles. The fourth-order valence-electron chi connectivity index (χ4n) is 5.88. The lowest BCUT2D eigenvalue weighted by molar-refractivity contribution is -0.274. The molecule has 14 heteroatoms. The van der Waals surface area contributed by atoms with Gasteiger partial charge in [0.1, 0.15) is 5.75 Å². The average molecular weight is 711 g/mol. The Morgan fingerprint density at radius 3 is 2.26 bits per heavy atom. The minimum atomic E-state index is -4.84. The molecule has 264 valence electrons. The Morgan fingerprint density at radius 1 is 0.960 bits per heavy atom. The SMILES string of the molecule is CS(=O)(=O)N(c1ccccc1)c1cccc(C(=O)N[C@@H](Cc2ccccc2)[C@H](O)CNCc2cccc(OC(F)(F)F)c2)c1N1CCCC1=O. The van der Waals surface area contributed by atoms with E-state index in [1.807, 2.05) is 30.3 Å². The molecule has 4 aromatic rings. The fraction of sp³-hybridized carbons (Fsp3) is 0.278. The Kier molecular flexibility index (Phi) is 11.5. The Bertz CT molecular complexity index is 1900. The normalized spacial score (nSPS) is 14.7. The summed E-state index contributed by atoms with van der Waals surface area (Å²) in [5.74, 6) is -1.27. The summed E-state index contributed by atoms with van der Waals surface area (Å²) < 4.78 is 69.7. The van der Waals surface area contributed by atoms with Gasteiger partial charge in [-0.1, -0.05) is 66.7 Å². The third-order valence-corrected chi connectivity index (χ3v) is 9.11. The first-order valence-corrected chi connectivity index (χ1v) is 17.7. The van der Waals surface area contributed by atoms with Crippen LogP contribution in [0.2, 0.25) is 0 Å². The van der Waals surface area contributed by atoms with Crippen LogP contribution in [0.15, 0.2) is 103 Å². The van der Waals surface area contributed by atoms with Crippen molar-refractivity contribution >= 4 is 38.9 Å². The van der Waals surface area contributed by atoms with Crippen molar-refractivity contribution in [2.75, 3.05) is 28.6 Å². The maximum atomic E-state index is 14.2. The summed E-state index contributed by atoms with van der Waals surface area (Å²) in [7, 11) is -3.95. The van der Waals surface area contributed by atoms with Gasteiger partial charge in [-0.05, 0) is 60.4 Å². The van der Waals surface area contributed by atoms with Crippen LogP contribution in [0.1, 0.15) is 34.3 Å². The van der Waals surface area contributed by atoms with Gasteiger partial charge in [-0.25, -0.2) is 12.7 Å². The smallest absolute Gasteiger partial charge is 0.406 e. The number of alkyl halides is 3. The molecular formula is C36H37F3N4O6S. The van der Waals surface area contributed by atoms with E-state index in [-0.39, 0.29) is 61.1 Å². The number of halogens is 3. The standard InChI is InChI=1S/C36H37F3N4O6S/c1-50(47,48)43(27-14-6-3-7-15-27)31-18-9-17-29(34(31)42-20-10-19-33(42)45)35(46)41-30(22-25-11-4-2-5-12-25)32(44)24-40-23-26-13-8-16-28(21-26)49-36(37,38)39/h2-9,11-18,21,30,32,40,44H,10,19-20,22-24H2,1H3,(H,41,46)/t30-,32+/m0/s1. The predicted molar refractivity (Wildman–Crippen MR) is 184 cm³/mol. The molecule has 1 aliphatic rings. The molecule has 4 aromatic carbocycles. The summed E-state index contributed by atoms with van der Waals surface area (Å²) in [4.78, 5) is 28.7. The maximum absolute atomic E-state index is 14.2. The molecule has 5 rings (SSSR count). The van der Waals surface area contributed by atoms with Gasteiger partial charge in [0.15, 0.2) is 0 Å². The highest BCUT2D eigenvalue weighted by atomic mass is 32.2. The second kappa shape index (κ2) is 15.7. The van der Waals surface area contributed by atoms with Crippen molar-refractivity contribution < 1.29 is 41.0 Å². The number of anilines is 3. The van der Waals surface area contributed by atoms with E-state index in [0.717, 1.165) is 16.1 Å². The quantitative estimate of drug-likeness (QED) is 0.162. The molecule has 0 aliphatic carbocycles. The predicted octanol–water partition coefficient (Wildman–Crippen LogP) is 5.30. The van der Waals surface area contributed by atoms with Crippen molar-refractivity contribution in [1.29, 1.82) is 0 Å². The minimum Gasteiger partial charge on any atom is -0.406 e. The van der Waals surface area contributed by atoms with Gasteiger partial charge in [-0.15, -0.1) is 13.2 Å². The summed E-state index contributed by atoms with van der Waals surface area (Å²) in [6.45, 7) is 0.329. The van der Waals surface area contributed by atoms with Gasteiger partial charge >= 0.3 is 6.36 Å². The Morgan fingerprint density at radius 2 is 1.62 bits per heavy atom. The van der Waals surface area contributed by atoms with E-state index < -0.39 is 34.4 Å². The van der Waals surface area contributed by atoms with Crippen LogP contribution in [0.25, 0.3) is 0 Å². The van der Waals surface area contributed by atoms with Gasteiger partial charge in [-0.3, -0.25) is 9.59 Å².